The minimum atomic E-state index is -0.00965. The molecule has 0 spiro atoms. The van der Waals surface area contributed by atoms with Gasteiger partial charge < -0.3 is 0 Å². The second-order valence-electron chi connectivity index (χ2n) is 8.72. The summed E-state index contributed by atoms with van der Waals surface area (Å²) in [6.45, 7) is 20.8. The standard InChI is InChI=1S/C16H34O2/c1-13(2,3)15(7,8)10-11-16(9,12-18-17)14(4,5)6/h17H,10-12H2,1-9H3. The van der Waals surface area contributed by atoms with E-state index in [0.29, 0.717) is 6.61 Å². The van der Waals surface area contributed by atoms with Gasteiger partial charge in [0.05, 0.1) is 6.61 Å². The molecule has 0 fully saturated rings. The number of hydrogen-bond donors (Lipinski definition) is 1. The van der Waals surface area contributed by atoms with Crippen LogP contribution in [0.25, 0.3) is 0 Å². The van der Waals surface area contributed by atoms with E-state index in [1.165, 1.54) is 0 Å². The van der Waals surface area contributed by atoms with Gasteiger partial charge in [0, 0.05) is 0 Å². The molecule has 0 aromatic rings. The Morgan fingerprint density at radius 2 is 1.17 bits per heavy atom. The van der Waals surface area contributed by atoms with Gasteiger partial charge in [-0.25, -0.2) is 4.89 Å². The lowest BCUT2D eigenvalue weighted by molar-refractivity contribution is -0.271. The van der Waals surface area contributed by atoms with Crippen LogP contribution < -0.4 is 0 Å². The quantitative estimate of drug-likeness (QED) is 0.530. The van der Waals surface area contributed by atoms with Crippen molar-refractivity contribution < 1.29 is 10.1 Å². The third-order valence-electron chi connectivity index (χ3n) is 5.53. The van der Waals surface area contributed by atoms with Gasteiger partial charge in [-0.2, -0.15) is 0 Å². The van der Waals surface area contributed by atoms with Crippen LogP contribution in [0.3, 0.4) is 0 Å². The summed E-state index contributed by atoms with van der Waals surface area (Å²) in [6, 6.07) is 0. The average Bonchev–Trinajstić information content (AvgIpc) is 2.12. The fraction of sp³-hybridized carbons (Fsp3) is 1.00. The lowest BCUT2D eigenvalue weighted by atomic mass is 9.60. The van der Waals surface area contributed by atoms with Crippen molar-refractivity contribution in [3.63, 3.8) is 0 Å². The molecule has 110 valence electrons. The first-order valence-corrected chi connectivity index (χ1v) is 7.03. The minimum absolute atomic E-state index is 0.00965. The summed E-state index contributed by atoms with van der Waals surface area (Å²) in [7, 11) is 0. The van der Waals surface area contributed by atoms with E-state index in [9.17, 15) is 0 Å². The number of rotatable bonds is 5. The SMILES string of the molecule is CC(C)(C)C(C)(C)CCC(C)(COO)C(C)(C)C. The van der Waals surface area contributed by atoms with Crippen LogP contribution in [-0.4, -0.2) is 11.9 Å². The zero-order valence-electron chi connectivity index (χ0n) is 14.0. The number of hydrogen-bond acceptors (Lipinski definition) is 2. The molecular weight excluding hydrogens is 224 g/mol. The average molecular weight is 258 g/mol. The summed E-state index contributed by atoms with van der Waals surface area (Å²) in [4.78, 5) is 4.48. The van der Waals surface area contributed by atoms with Gasteiger partial charge in [-0.05, 0) is 34.5 Å². The molecule has 2 nitrogen and oxygen atoms in total. The Bertz CT molecular complexity index is 255. The van der Waals surface area contributed by atoms with E-state index in [4.69, 9.17) is 5.26 Å². The van der Waals surface area contributed by atoms with Crippen LogP contribution in [0.1, 0.15) is 75.2 Å². The molecule has 0 aliphatic rings. The molecule has 0 heterocycles. The molecule has 0 aliphatic carbocycles. The summed E-state index contributed by atoms with van der Waals surface area (Å²) in [5.41, 5.74) is 0.662. The van der Waals surface area contributed by atoms with Gasteiger partial charge in [-0.3, -0.25) is 5.26 Å². The van der Waals surface area contributed by atoms with E-state index in [2.05, 4.69) is 67.2 Å². The molecule has 2 heteroatoms. The monoisotopic (exact) mass is 258 g/mol. The highest BCUT2D eigenvalue weighted by Crippen LogP contribution is 2.48. The Hall–Kier alpha value is -0.0800. The van der Waals surface area contributed by atoms with Gasteiger partial charge in [0.1, 0.15) is 0 Å². The zero-order chi connectivity index (χ0) is 14.8. The lowest BCUT2D eigenvalue weighted by Crippen LogP contribution is -2.39. The lowest BCUT2D eigenvalue weighted by Gasteiger charge is -2.46. The minimum Gasteiger partial charge on any atom is -0.252 e. The predicted molar refractivity (Wildman–Crippen MR) is 78.6 cm³/mol. The molecule has 1 atom stereocenters. The van der Waals surface area contributed by atoms with Gasteiger partial charge in [-0.1, -0.05) is 62.3 Å². The summed E-state index contributed by atoms with van der Waals surface area (Å²) in [5.74, 6) is 0. The summed E-state index contributed by atoms with van der Waals surface area (Å²) >= 11 is 0. The van der Waals surface area contributed by atoms with Gasteiger partial charge >= 0.3 is 0 Å². The van der Waals surface area contributed by atoms with Crippen molar-refractivity contribution in [1.29, 1.82) is 0 Å². The van der Waals surface area contributed by atoms with Crippen molar-refractivity contribution in [1.82, 2.24) is 0 Å². The maximum absolute atomic E-state index is 8.85. The van der Waals surface area contributed by atoms with Gasteiger partial charge in [0.25, 0.3) is 0 Å². The molecule has 0 saturated carbocycles. The van der Waals surface area contributed by atoms with Crippen LogP contribution in [0.4, 0.5) is 0 Å². The summed E-state index contributed by atoms with van der Waals surface area (Å²) < 4.78 is 0. The highest BCUT2D eigenvalue weighted by atomic mass is 17.1. The Labute approximate surface area is 114 Å². The highest BCUT2D eigenvalue weighted by Gasteiger charge is 2.41. The van der Waals surface area contributed by atoms with Crippen LogP contribution >= 0.6 is 0 Å². The largest absolute Gasteiger partial charge is 0.252 e. The Morgan fingerprint density at radius 3 is 1.44 bits per heavy atom. The molecule has 0 aromatic heterocycles. The van der Waals surface area contributed by atoms with E-state index in [-0.39, 0.29) is 21.7 Å². The normalized spacial score (nSPS) is 17.7. The maximum atomic E-state index is 8.85. The van der Waals surface area contributed by atoms with Crippen molar-refractivity contribution in [3.8, 4) is 0 Å². The predicted octanol–water partition coefficient (Wildman–Crippen LogP) is 5.38. The smallest absolute Gasteiger partial charge is 0.0878 e. The molecular formula is C16H34O2. The third-order valence-corrected chi connectivity index (χ3v) is 5.53. The Balaban J connectivity index is 4.85. The Kier molecular flexibility index (Phi) is 5.48. The van der Waals surface area contributed by atoms with Crippen molar-refractivity contribution in [2.75, 3.05) is 6.61 Å². The van der Waals surface area contributed by atoms with Gasteiger partial charge in [0.2, 0.25) is 0 Å². The fourth-order valence-corrected chi connectivity index (χ4v) is 1.77. The molecule has 1 unspecified atom stereocenters. The van der Waals surface area contributed by atoms with E-state index >= 15 is 0 Å². The second-order valence-corrected chi connectivity index (χ2v) is 8.72. The Morgan fingerprint density at radius 1 is 0.722 bits per heavy atom. The van der Waals surface area contributed by atoms with E-state index in [1.807, 2.05) is 0 Å². The molecule has 0 rings (SSSR count). The van der Waals surface area contributed by atoms with E-state index in [0.717, 1.165) is 12.8 Å². The summed E-state index contributed by atoms with van der Waals surface area (Å²) in [5, 5.41) is 8.85. The van der Waals surface area contributed by atoms with Crippen LogP contribution in [0.2, 0.25) is 0 Å². The molecule has 18 heavy (non-hydrogen) atoms. The first-order chi connectivity index (χ1) is 7.77. The van der Waals surface area contributed by atoms with E-state index < -0.39 is 0 Å². The van der Waals surface area contributed by atoms with Crippen LogP contribution in [0.15, 0.2) is 0 Å². The second kappa shape index (κ2) is 5.50. The van der Waals surface area contributed by atoms with Crippen molar-refractivity contribution in [2.45, 2.75) is 75.2 Å². The van der Waals surface area contributed by atoms with Crippen LogP contribution in [0, 0.1) is 21.7 Å². The van der Waals surface area contributed by atoms with Crippen molar-refractivity contribution >= 4 is 0 Å². The van der Waals surface area contributed by atoms with Gasteiger partial charge in [-0.15, -0.1) is 0 Å². The molecule has 1 N–H and O–H groups in total. The maximum Gasteiger partial charge on any atom is 0.0878 e. The molecule has 0 amide bonds. The van der Waals surface area contributed by atoms with Crippen LogP contribution in [0.5, 0.6) is 0 Å². The van der Waals surface area contributed by atoms with Crippen molar-refractivity contribution in [3.05, 3.63) is 0 Å². The fourth-order valence-electron chi connectivity index (χ4n) is 1.77. The van der Waals surface area contributed by atoms with Crippen molar-refractivity contribution in [2.24, 2.45) is 21.7 Å². The van der Waals surface area contributed by atoms with E-state index in [1.54, 1.807) is 0 Å². The van der Waals surface area contributed by atoms with Gasteiger partial charge in [0.15, 0.2) is 0 Å². The third kappa shape index (κ3) is 4.24. The molecule has 0 aliphatic heterocycles. The first kappa shape index (κ1) is 17.9. The topological polar surface area (TPSA) is 29.5 Å². The first-order valence-electron chi connectivity index (χ1n) is 7.03. The molecule has 0 radical (unpaired) electrons. The van der Waals surface area contributed by atoms with Crippen LogP contribution in [-0.2, 0) is 4.89 Å². The summed E-state index contributed by atoms with van der Waals surface area (Å²) in [6.07, 6.45) is 2.19. The molecule has 0 saturated heterocycles. The molecule has 0 aromatic carbocycles. The highest BCUT2D eigenvalue weighted by molar-refractivity contribution is 4.90. The molecule has 0 bridgehead atoms. The zero-order valence-corrected chi connectivity index (χ0v) is 14.0.